The van der Waals surface area contributed by atoms with Gasteiger partial charge in [0.25, 0.3) is 11.1 Å². The van der Waals surface area contributed by atoms with E-state index in [4.69, 9.17) is 9.15 Å². The molecule has 0 aliphatic carbocycles. The van der Waals surface area contributed by atoms with Gasteiger partial charge < -0.3 is 19.4 Å². The Morgan fingerprint density at radius 1 is 1.09 bits per heavy atom. The second-order valence-corrected chi connectivity index (χ2v) is 8.84. The molecular formula is C24H27N3O5S. The molecule has 2 aliphatic rings. The Kier molecular flexibility index (Phi) is 7.39. The Morgan fingerprint density at radius 3 is 2.52 bits per heavy atom. The molecule has 9 heteroatoms. The van der Waals surface area contributed by atoms with Crippen molar-refractivity contribution in [2.75, 3.05) is 36.5 Å². The van der Waals surface area contributed by atoms with Gasteiger partial charge in [-0.15, -0.1) is 0 Å². The molecule has 2 saturated heterocycles. The average molecular weight is 470 g/mol. The van der Waals surface area contributed by atoms with Crippen molar-refractivity contribution in [1.82, 2.24) is 4.90 Å². The highest BCUT2D eigenvalue weighted by Crippen LogP contribution is 2.33. The van der Waals surface area contributed by atoms with E-state index in [1.54, 1.807) is 36.4 Å². The molecule has 4 rings (SSSR count). The summed E-state index contributed by atoms with van der Waals surface area (Å²) in [6.07, 6.45) is 6.28. The Labute approximate surface area is 196 Å². The number of amides is 3. The molecule has 2 fully saturated rings. The highest BCUT2D eigenvalue weighted by molar-refractivity contribution is 8.18. The molecule has 3 heterocycles. The number of rotatable bonds is 7. The van der Waals surface area contributed by atoms with Crippen molar-refractivity contribution in [3.8, 4) is 5.75 Å². The van der Waals surface area contributed by atoms with Gasteiger partial charge >= 0.3 is 0 Å². The van der Waals surface area contributed by atoms with Crippen molar-refractivity contribution < 1.29 is 23.5 Å². The SMILES string of the molecule is CCOc1ccc(NC(=O)CN2C(=O)S/C(=C/c3ccc(N4CCCCCC4)o3)C2=O)cc1. The number of nitrogens with zero attached hydrogens (tertiary/aromatic N) is 2. The summed E-state index contributed by atoms with van der Waals surface area (Å²) in [5.41, 5.74) is 0.558. The number of hydrogen-bond acceptors (Lipinski definition) is 7. The van der Waals surface area contributed by atoms with Crippen molar-refractivity contribution in [2.24, 2.45) is 0 Å². The minimum atomic E-state index is -0.500. The van der Waals surface area contributed by atoms with Gasteiger partial charge in [-0.3, -0.25) is 19.3 Å². The van der Waals surface area contributed by atoms with Crippen LogP contribution < -0.4 is 15.0 Å². The largest absolute Gasteiger partial charge is 0.494 e. The van der Waals surface area contributed by atoms with Gasteiger partial charge in [0.2, 0.25) is 5.91 Å². The summed E-state index contributed by atoms with van der Waals surface area (Å²) < 4.78 is 11.3. The number of ether oxygens (including phenoxy) is 1. The molecule has 174 valence electrons. The van der Waals surface area contributed by atoms with Crippen LogP contribution in [-0.2, 0) is 9.59 Å². The van der Waals surface area contributed by atoms with E-state index in [-0.39, 0.29) is 11.4 Å². The quantitative estimate of drug-likeness (QED) is 0.586. The number of carbonyl (C=O) groups excluding carboxylic acids is 3. The standard InChI is InChI=1S/C24H27N3O5S/c1-2-31-18-9-7-17(8-10-18)25-21(28)16-27-23(29)20(33-24(27)30)15-19-11-12-22(32-19)26-13-5-3-4-6-14-26/h7-12,15H,2-6,13-14,16H2,1H3,(H,25,28)/b20-15+. The Morgan fingerprint density at radius 2 is 1.82 bits per heavy atom. The Hall–Kier alpha value is -3.20. The maximum atomic E-state index is 12.7. The van der Waals surface area contributed by atoms with E-state index in [0.717, 1.165) is 48.5 Å². The van der Waals surface area contributed by atoms with Crippen LogP contribution in [0.5, 0.6) is 5.75 Å². The van der Waals surface area contributed by atoms with Crippen molar-refractivity contribution >= 4 is 46.5 Å². The fourth-order valence-corrected chi connectivity index (χ4v) is 4.61. The smallest absolute Gasteiger partial charge is 0.294 e. The number of imide groups is 1. The normalized spacial score (nSPS) is 18.0. The van der Waals surface area contributed by atoms with Gasteiger partial charge in [0, 0.05) is 30.9 Å². The van der Waals surface area contributed by atoms with E-state index in [2.05, 4.69) is 10.2 Å². The van der Waals surface area contributed by atoms with Gasteiger partial charge in [-0.2, -0.15) is 0 Å². The number of hydrogen-bond donors (Lipinski definition) is 1. The van der Waals surface area contributed by atoms with E-state index in [9.17, 15) is 14.4 Å². The molecule has 0 unspecified atom stereocenters. The van der Waals surface area contributed by atoms with Gasteiger partial charge in [-0.1, -0.05) is 12.8 Å². The molecule has 0 bridgehead atoms. The lowest BCUT2D eigenvalue weighted by Gasteiger charge is -2.18. The van der Waals surface area contributed by atoms with E-state index >= 15 is 0 Å². The lowest BCUT2D eigenvalue weighted by molar-refractivity contribution is -0.127. The van der Waals surface area contributed by atoms with Gasteiger partial charge in [0.05, 0.1) is 11.5 Å². The summed E-state index contributed by atoms with van der Waals surface area (Å²) in [6, 6.07) is 10.6. The number of nitrogens with one attached hydrogen (secondary N) is 1. The predicted molar refractivity (Wildman–Crippen MR) is 128 cm³/mol. The van der Waals surface area contributed by atoms with E-state index in [1.807, 2.05) is 13.0 Å². The fourth-order valence-electron chi connectivity index (χ4n) is 3.79. The second kappa shape index (κ2) is 10.6. The highest BCUT2D eigenvalue weighted by atomic mass is 32.2. The molecule has 1 N–H and O–H groups in total. The van der Waals surface area contributed by atoms with Gasteiger partial charge in [-0.25, -0.2) is 0 Å². The summed E-state index contributed by atoms with van der Waals surface area (Å²) in [7, 11) is 0. The zero-order valence-electron chi connectivity index (χ0n) is 18.5. The molecule has 0 saturated carbocycles. The first kappa shape index (κ1) is 23.0. The first-order valence-electron chi connectivity index (χ1n) is 11.2. The lowest BCUT2D eigenvalue weighted by atomic mass is 10.2. The third-order valence-electron chi connectivity index (χ3n) is 5.43. The Balaban J connectivity index is 1.37. The average Bonchev–Trinajstić information content (AvgIpc) is 3.23. The molecule has 1 aromatic heterocycles. The van der Waals surface area contributed by atoms with Crippen LogP contribution >= 0.6 is 11.8 Å². The van der Waals surface area contributed by atoms with Crippen LogP contribution in [0.15, 0.2) is 45.7 Å². The first-order valence-corrected chi connectivity index (χ1v) is 12.0. The molecule has 0 radical (unpaired) electrons. The third-order valence-corrected chi connectivity index (χ3v) is 6.34. The molecule has 2 aliphatic heterocycles. The predicted octanol–water partition coefficient (Wildman–Crippen LogP) is 4.73. The number of furan rings is 1. The molecular weight excluding hydrogens is 442 g/mol. The maximum absolute atomic E-state index is 12.7. The molecule has 0 spiro atoms. The van der Waals surface area contributed by atoms with Crippen molar-refractivity contribution in [3.05, 3.63) is 47.1 Å². The van der Waals surface area contributed by atoms with Crippen LogP contribution in [0.1, 0.15) is 38.4 Å². The lowest BCUT2D eigenvalue weighted by Crippen LogP contribution is -2.36. The summed E-state index contributed by atoms with van der Waals surface area (Å²) in [4.78, 5) is 40.9. The molecule has 3 amide bonds. The van der Waals surface area contributed by atoms with Gasteiger partial charge in [0.1, 0.15) is 18.1 Å². The molecule has 8 nitrogen and oxygen atoms in total. The van der Waals surface area contributed by atoms with Crippen LogP contribution in [0.4, 0.5) is 16.4 Å². The number of benzene rings is 1. The summed E-state index contributed by atoms with van der Waals surface area (Å²) >= 11 is 0.809. The zero-order chi connectivity index (χ0) is 23.2. The minimum Gasteiger partial charge on any atom is -0.494 e. The van der Waals surface area contributed by atoms with Crippen molar-refractivity contribution in [2.45, 2.75) is 32.6 Å². The minimum absolute atomic E-state index is 0.241. The second-order valence-electron chi connectivity index (χ2n) is 7.85. The Bertz CT molecular complexity index is 1040. The monoisotopic (exact) mass is 469 g/mol. The molecule has 0 atom stereocenters. The topological polar surface area (TPSA) is 92.1 Å². The van der Waals surface area contributed by atoms with Crippen LogP contribution in [0.2, 0.25) is 0 Å². The van der Waals surface area contributed by atoms with E-state index < -0.39 is 17.1 Å². The first-order chi connectivity index (χ1) is 16.0. The van der Waals surface area contributed by atoms with Gasteiger partial charge in [0.15, 0.2) is 5.88 Å². The van der Waals surface area contributed by atoms with Crippen molar-refractivity contribution in [3.63, 3.8) is 0 Å². The van der Waals surface area contributed by atoms with E-state index in [1.165, 1.54) is 12.8 Å². The van der Waals surface area contributed by atoms with Crippen molar-refractivity contribution in [1.29, 1.82) is 0 Å². The molecule has 2 aromatic rings. The summed E-state index contributed by atoms with van der Waals surface area (Å²) in [6.45, 7) is 3.99. The van der Waals surface area contributed by atoms with Crippen LogP contribution in [-0.4, -0.2) is 48.2 Å². The van der Waals surface area contributed by atoms with Crippen LogP contribution in [0, 0.1) is 0 Å². The highest BCUT2D eigenvalue weighted by Gasteiger charge is 2.36. The third kappa shape index (κ3) is 5.78. The molecule has 33 heavy (non-hydrogen) atoms. The number of carbonyl (C=O) groups is 3. The van der Waals surface area contributed by atoms with E-state index in [0.29, 0.717) is 23.8 Å². The molecule has 1 aromatic carbocycles. The summed E-state index contributed by atoms with van der Waals surface area (Å²) in [5.74, 6) is 1.03. The maximum Gasteiger partial charge on any atom is 0.294 e. The summed E-state index contributed by atoms with van der Waals surface area (Å²) in [5, 5.41) is 2.22. The van der Waals surface area contributed by atoms with Crippen LogP contribution in [0.3, 0.4) is 0 Å². The number of anilines is 2. The van der Waals surface area contributed by atoms with Gasteiger partial charge in [-0.05, 0) is 61.9 Å². The zero-order valence-corrected chi connectivity index (χ0v) is 19.4. The fraction of sp³-hybridized carbons (Fsp3) is 0.375. The van der Waals surface area contributed by atoms with Crippen LogP contribution in [0.25, 0.3) is 6.08 Å². The number of thioether (sulfide) groups is 1.